The van der Waals surface area contributed by atoms with Gasteiger partial charge in [-0.2, -0.15) is 0 Å². The van der Waals surface area contributed by atoms with E-state index in [2.05, 4.69) is 15.3 Å². The van der Waals surface area contributed by atoms with Crippen LogP contribution < -0.4 is 11.2 Å². The number of aromatic nitrogens is 5. The van der Waals surface area contributed by atoms with Crippen molar-refractivity contribution in [2.45, 2.75) is 26.8 Å². The van der Waals surface area contributed by atoms with Crippen molar-refractivity contribution >= 4 is 0 Å². The van der Waals surface area contributed by atoms with Crippen molar-refractivity contribution in [2.75, 3.05) is 0 Å². The molecule has 1 N–H and O–H groups in total. The molecule has 0 saturated heterocycles. The van der Waals surface area contributed by atoms with Gasteiger partial charge in [0.05, 0.1) is 11.9 Å². The van der Waals surface area contributed by atoms with Crippen molar-refractivity contribution in [2.24, 2.45) is 0 Å². The maximum absolute atomic E-state index is 11.7. The number of H-pyrrole nitrogens is 1. The summed E-state index contributed by atoms with van der Waals surface area (Å²) in [7, 11) is 0. The van der Waals surface area contributed by atoms with Gasteiger partial charge in [-0.05, 0) is 20.8 Å². The van der Waals surface area contributed by atoms with Gasteiger partial charge in [-0.3, -0.25) is 14.3 Å². The standard InChI is InChI=1S/C10H13N5O2/c1-6(2)14-5-8(9(16)11-10(14)17)15-4-7(3)12-13-15/h4-6H,1-3H3,(H,11,16,17). The fourth-order valence-corrected chi connectivity index (χ4v) is 1.49. The Hall–Kier alpha value is -2.18. The summed E-state index contributed by atoms with van der Waals surface area (Å²) in [5.74, 6) is 0. The van der Waals surface area contributed by atoms with Crippen LogP contribution in [0.15, 0.2) is 22.0 Å². The van der Waals surface area contributed by atoms with E-state index >= 15 is 0 Å². The lowest BCUT2D eigenvalue weighted by atomic mass is 10.4. The normalized spacial score (nSPS) is 11.1. The highest BCUT2D eigenvalue weighted by Gasteiger charge is 2.09. The minimum absolute atomic E-state index is 0.0391. The second-order valence-corrected chi connectivity index (χ2v) is 4.08. The summed E-state index contributed by atoms with van der Waals surface area (Å²) in [5.41, 5.74) is 0.0768. The summed E-state index contributed by atoms with van der Waals surface area (Å²) in [6.45, 7) is 5.49. The van der Waals surface area contributed by atoms with E-state index in [-0.39, 0.29) is 11.7 Å². The Kier molecular flexibility index (Phi) is 2.66. The molecule has 2 aromatic heterocycles. The average Bonchev–Trinajstić information content (AvgIpc) is 2.64. The third kappa shape index (κ3) is 2.03. The van der Waals surface area contributed by atoms with Crippen LogP contribution in [-0.4, -0.2) is 24.5 Å². The summed E-state index contributed by atoms with van der Waals surface area (Å²) in [6.07, 6.45) is 3.11. The predicted octanol–water partition coefficient (Wildman–Crippen LogP) is 0.00662. The van der Waals surface area contributed by atoms with Crippen molar-refractivity contribution in [1.82, 2.24) is 24.5 Å². The SMILES string of the molecule is Cc1cn(-c2cn(C(C)C)c(=O)[nH]c2=O)nn1. The van der Waals surface area contributed by atoms with Crippen molar-refractivity contribution in [3.8, 4) is 5.69 Å². The summed E-state index contributed by atoms with van der Waals surface area (Å²) in [5, 5.41) is 7.61. The zero-order chi connectivity index (χ0) is 12.6. The van der Waals surface area contributed by atoms with E-state index in [9.17, 15) is 9.59 Å². The van der Waals surface area contributed by atoms with Crippen LogP contribution in [0.3, 0.4) is 0 Å². The van der Waals surface area contributed by atoms with Gasteiger partial charge in [0.25, 0.3) is 5.56 Å². The Morgan fingerprint density at radius 2 is 2.00 bits per heavy atom. The second-order valence-electron chi connectivity index (χ2n) is 4.08. The lowest BCUT2D eigenvalue weighted by molar-refractivity contribution is 0.556. The van der Waals surface area contributed by atoms with E-state index in [4.69, 9.17) is 0 Å². The van der Waals surface area contributed by atoms with Gasteiger partial charge in [-0.1, -0.05) is 5.21 Å². The summed E-state index contributed by atoms with van der Waals surface area (Å²) < 4.78 is 2.79. The summed E-state index contributed by atoms with van der Waals surface area (Å²) >= 11 is 0. The molecular weight excluding hydrogens is 222 g/mol. The Labute approximate surface area is 96.7 Å². The largest absolute Gasteiger partial charge is 0.328 e. The average molecular weight is 235 g/mol. The summed E-state index contributed by atoms with van der Waals surface area (Å²) in [4.78, 5) is 25.5. The number of aryl methyl sites for hydroxylation is 1. The number of hydrogen-bond acceptors (Lipinski definition) is 4. The third-order valence-corrected chi connectivity index (χ3v) is 2.36. The highest BCUT2D eigenvalue weighted by atomic mass is 16.2. The van der Waals surface area contributed by atoms with Crippen LogP contribution >= 0.6 is 0 Å². The maximum Gasteiger partial charge on any atom is 0.328 e. The lowest BCUT2D eigenvalue weighted by Gasteiger charge is -2.09. The molecule has 90 valence electrons. The van der Waals surface area contributed by atoms with Crippen LogP contribution in [0, 0.1) is 6.92 Å². The zero-order valence-corrected chi connectivity index (χ0v) is 9.84. The van der Waals surface area contributed by atoms with Gasteiger partial charge in [-0.25, -0.2) is 9.48 Å². The molecule has 0 bridgehead atoms. The van der Waals surface area contributed by atoms with Crippen molar-refractivity contribution in [3.05, 3.63) is 38.9 Å². The van der Waals surface area contributed by atoms with Crippen LogP contribution in [0.25, 0.3) is 5.69 Å². The van der Waals surface area contributed by atoms with Crippen LogP contribution in [-0.2, 0) is 0 Å². The first-order valence-corrected chi connectivity index (χ1v) is 5.24. The van der Waals surface area contributed by atoms with E-state index in [1.54, 1.807) is 13.1 Å². The van der Waals surface area contributed by atoms with Gasteiger partial charge >= 0.3 is 5.69 Å². The number of rotatable bonds is 2. The molecule has 0 atom stereocenters. The van der Waals surface area contributed by atoms with Gasteiger partial charge in [0.15, 0.2) is 0 Å². The molecule has 0 aliphatic heterocycles. The Bertz CT molecular complexity index is 649. The van der Waals surface area contributed by atoms with Gasteiger partial charge in [0, 0.05) is 12.2 Å². The second kappa shape index (κ2) is 4.00. The molecule has 0 fully saturated rings. The monoisotopic (exact) mass is 235 g/mol. The molecule has 2 aromatic rings. The molecule has 7 nitrogen and oxygen atoms in total. The fourth-order valence-electron chi connectivity index (χ4n) is 1.49. The highest BCUT2D eigenvalue weighted by Crippen LogP contribution is 2.03. The van der Waals surface area contributed by atoms with Gasteiger partial charge in [0.1, 0.15) is 5.69 Å². The van der Waals surface area contributed by atoms with Crippen LogP contribution in [0.4, 0.5) is 0 Å². The van der Waals surface area contributed by atoms with E-state index < -0.39 is 11.2 Å². The Morgan fingerprint density at radius 1 is 1.29 bits per heavy atom. The minimum atomic E-state index is -0.475. The van der Waals surface area contributed by atoms with Gasteiger partial charge in [0.2, 0.25) is 0 Å². The number of nitrogens with zero attached hydrogens (tertiary/aromatic N) is 4. The van der Waals surface area contributed by atoms with Crippen molar-refractivity contribution in [3.63, 3.8) is 0 Å². The van der Waals surface area contributed by atoms with E-state index in [1.807, 2.05) is 13.8 Å². The molecular formula is C10H13N5O2. The molecule has 7 heteroatoms. The van der Waals surface area contributed by atoms with E-state index in [0.29, 0.717) is 5.69 Å². The molecule has 17 heavy (non-hydrogen) atoms. The lowest BCUT2D eigenvalue weighted by Crippen LogP contribution is -2.33. The molecule has 2 rings (SSSR count). The van der Waals surface area contributed by atoms with Crippen molar-refractivity contribution < 1.29 is 0 Å². The van der Waals surface area contributed by atoms with Crippen LogP contribution in [0.5, 0.6) is 0 Å². The molecule has 0 saturated carbocycles. The predicted molar refractivity (Wildman–Crippen MR) is 61.4 cm³/mol. The molecule has 0 unspecified atom stereocenters. The number of nitrogens with one attached hydrogen (secondary N) is 1. The topological polar surface area (TPSA) is 85.6 Å². The zero-order valence-electron chi connectivity index (χ0n) is 9.84. The smallest absolute Gasteiger partial charge is 0.296 e. The molecule has 0 aliphatic rings. The van der Waals surface area contributed by atoms with Crippen LogP contribution in [0.2, 0.25) is 0 Å². The minimum Gasteiger partial charge on any atom is -0.296 e. The van der Waals surface area contributed by atoms with E-state index in [0.717, 1.165) is 0 Å². The first-order valence-electron chi connectivity index (χ1n) is 5.24. The molecule has 0 radical (unpaired) electrons. The highest BCUT2D eigenvalue weighted by molar-refractivity contribution is 5.23. The maximum atomic E-state index is 11.7. The number of aromatic amines is 1. The molecule has 0 aliphatic carbocycles. The molecule has 0 aromatic carbocycles. The summed E-state index contributed by atoms with van der Waals surface area (Å²) in [6, 6.07) is -0.0391. The molecule has 0 spiro atoms. The van der Waals surface area contributed by atoms with Crippen molar-refractivity contribution in [1.29, 1.82) is 0 Å². The van der Waals surface area contributed by atoms with Gasteiger partial charge < -0.3 is 0 Å². The first kappa shape index (κ1) is 11.3. The first-order chi connectivity index (χ1) is 7.99. The molecule has 0 amide bonds. The quantitative estimate of drug-likeness (QED) is 0.794. The fraction of sp³-hybridized carbons (Fsp3) is 0.400. The van der Waals surface area contributed by atoms with E-state index in [1.165, 1.54) is 15.4 Å². The molecule has 2 heterocycles. The van der Waals surface area contributed by atoms with Crippen LogP contribution in [0.1, 0.15) is 25.6 Å². The Morgan fingerprint density at radius 3 is 2.53 bits per heavy atom. The Balaban J connectivity index is 2.66. The van der Waals surface area contributed by atoms with Gasteiger partial charge in [-0.15, -0.1) is 5.10 Å². The number of hydrogen-bond donors (Lipinski definition) is 1. The third-order valence-electron chi connectivity index (χ3n) is 2.36.